The van der Waals surface area contributed by atoms with Gasteiger partial charge in [0.25, 0.3) is 5.91 Å². The molecule has 11 heteroatoms. The van der Waals surface area contributed by atoms with Crippen molar-refractivity contribution in [2.45, 2.75) is 49.5 Å². The summed E-state index contributed by atoms with van der Waals surface area (Å²) >= 11 is 5.86. The van der Waals surface area contributed by atoms with Crippen LogP contribution in [-0.2, 0) is 0 Å². The number of fused-ring (bicyclic) bond motifs is 2. The van der Waals surface area contributed by atoms with Crippen LogP contribution in [-0.4, -0.2) is 87.1 Å². The van der Waals surface area contributed by atoms with E-state index in [0.29, 0.717) is 42.4 Å². The average Bonchev–Trinajstić information content (AvgIpc) is 3.29. The van der Waals surface area contributed by atoms with Crippen LogP contribution in [0.4, 0.5) is 8.78 Å². The molecule has 35 heavy (non-hydrogen) atoms. The fourth-order valence-corrected chi connectivity index (χ4v) is 5.60. The zero-order chi connectivity index (χ0) is 24.7. The standard InChI is InChI=1S/C24H26ClF2N5O3/c25-13-9-29-23(30-10-13)18-11-31(12-20(18)28)24(34)17-2-1-14(26)5-22(17)35-16-6-15-7-19(27)21(8-16)32(15)3-4-33/h1-2,5,9-10,15-16,18-19,21,28,33H,3-4,6-8,11-12H2. The largest absolute Gasteiger partial charge is 0.489 e. The molecule has 3 saturated heterocycles. The van der Waals surface area contributed by atoms with Gasteiger partial charge < -0.3 is 20.2 Å². The second kappa shape index (κ2) is 9.75. The van der Waals surface area contributed by atoms with Crippen molar-refractivity contribution in [2.24, 2.45) is 0 Å². The number of hydrogen-bond acceptors (Lipinski definition) is 7. The van der Waals surface area contributed by atoms with Crippen LogP contribution >= 0.6 is 11.6 Å². The van der Waals surface area contributed by atoms with Gasteiger partial charge in [-0.15, -0.1) is 0 Å². The summed E-state index contributed by atoms with van der Waals surface area (Å²) in [5, 5.41) is 18.0. The number of carbonyl (C=O) groups is 1. The van der Waals surface area contributed by atoms with Gasteiger partial charge in [-0.2, -0.15) is 0 Å². The Hall–Kier alpha value is -2.69. The number of nitrogens with one attached hydrogen (secondary N) is 1. The van der Waals surface area contributed by atoms with Gasteiger partial charge in [-0.05, 0) is 18.6 Å². The van der Waals surface area contributed by atoms with E-state index in [1.807, 2.05) is 4.90 Å². The number of amides is 1. The summed E-state index contributed by atoms with van der Waals surface area (Å²) in [6.45, 7) is 0.676. The summed E-state index contributed by atoms with van der Waals surface area (Å²) in [5.74, 6) is -0.846. The molecule has 1 aromatic heterocycles. The summed E-state index contributed by atoms with van der Waals surface area (Å²) in [7, 11) is 0. The predicted molar refractivity (Wildman–Crippen MR) is 124 cm³/mol. The Morgan fingerprint density at radius 3 is 2.74 bits per heavy atom. The highest BCUT2D eigenvalue weighted by atomic mass is 35.5. The van der Waals surface area contributed by atoms with Crippen molar-refractivity contribution >= 4 is 23.2 Å². The third-order valence-corrected chi connectivity index (χ3v) is 7.29. The van der Waals surface area contributed by atoms with Crippen LogP contribution in [0.2, 0.25) is 5.02 Å². The van der Waals surface area contributed by atoms with Crippen molar-refractivity contribution in [3.8, 4) is 5.75 Å². The number of hydrogen-bond donors (Lipinski definition) is 2. The molecule has 3 fully saturated rings. The Morgan fingerprint density at radius 2 is 2.03 bits per heavy atom. The minimum Gasteiger partial charge on any atom is -0.489 e. The van der Waals surface area contributed by atoms with Gasteiger partial charge >= 0.3 is 0 Å². The molecule has 3 aliphatic rings. The molecule has 0 saturated carbocycles. The van der Waals surface area contributed by atoms with Gasteiger partial charge in [0.15, 0.2) is 0 Å². The van der Waals surface area contributed by atoms with Crippen LogP contribution < -0.4 is 4.74 Å². The van der Waals surface area contributed by atoms with E-state index in [2.05, 4.69) is 9.97 Å². The third-order valence-electron chi connectivity index (χ3n) is 7.10. The fourth-order valence-electron chi connectivity index (χ4n) is 5.50. The average molecular weight is 506 g/mol. The molecule has 0 spiro atoms. The topological polar surface area (TPSA) is 103 Å². The number of rotatable bonds is 6. The van der Waals surface area contributed by atoms with E-state index in [9.17, 15) is 18.7 Å². The molecule has 3 aliphatic heterocycles. The second-order valence-corrected chi connectivity index (χ2v) is 9.75. The number of halogens is 3. The molecular weight excluding hydrogens is 480 g/mol. The minimum absolute atomic E-state index is 0.0410. The molecule has 5 unspecified atom stereocenters. The summed E-state index contributed by atoms with van der Waals surface area (Å²) in [6, 6.07) is 3.34. The molecule has 0 aliphatic carbocycles. The molecule has 5 atom stereocenters. The maximum absolute atomic E-state index is 14.5. The summed E-state index contributed by atoms with van der Waals surface area (Å²) in [6.07, 6.45) is 2.84. The smallest absolute Gasteiger partial charge is 0.257 e. The lowest BCUT2D eigenvalue weighted by Crippen LogP contribution is -2.48. The number of aliphatic hydroxyl groups is 1. The van der Waals surface area contributed by atoms with E-state index < -0.39 is 17.9 Å². The molecule has 186 valence electrons. The van der Waals surface area contributed by atoms with Crippen molar-refractivity contribution in [1.82, 2.24) is 19.8 Å². The lowest BCUT2D eigenvalue weighted by molar-refractivity contribution is 0.0285. The van der Waals surface area contributed by atoms with Gasteiger partial charge in [-0.3, -0.25) is 9.69 Å². The molecule has 1 amide bonds. The van der Waals surface area contributed by atoms with Crippen molar-refractivity contribution in [1.29, 1.82) is 5.41 Å². The molecule has 1 aromatic carbocycles. The number of carbonyl (C=O) groups excluding carboxylic acids is 1. The van der Waals surface area contributed by atoms with Crippen LogP contribution in [0.25, 0.3) is 0 Å². The van der Waals surface area contributed by atoms with Gasteiger partial charge in [0.2, 0.25) is 0 Å². The first-order valence-electron chi connectivity index (χ1n) is 11.6. The van der Waals surface area contributed by atoms with Crippen molar-refractivity contribution < 1.29 is 23.4 Å². The van der Waals surface area contributed by atoms with Crippen molar-refractivity contribution in [3.05, 3.63) is 52.8 Å². The fraction of sp³-hybridized carbons (Fsp3) is 0.500. The number of ether oxygens (including phenoxy) is 1. The van der Waals surface area contributed by atoms with Gasteiger partial charge in [-0.1, -0.05) is 11.6 Å². The molecule has 2 N–H and O–H groups in total. The first-order valence-corrected chi connectivity index (χ1v) is 12.0. The van der Waals surface area contributed by atoms with Crippen LogP contribution in [0.1, 0.15) is 41.4 Å². The van der Waals surface area contributed by atoms with Crippen LogP contribution in [0.3, 0.4) is 0 Å². The first-order chi connectivity index (χ1) is 16.8. The highest BCUT2D eigenvalue weighted by molar-refractivity contribution is 6.30. The zero-order valence-electron chi connectivity index (χ0n) is 18.9. The monoisotopic (exact) mass is 505 g/mol. The van der Waals surface area contributed by atoms with E-state index in [0.717, 1.165) is 0 Å². The zero-order valence-corrected chi connectivity index (χ0v) is 19.7. The maximum Gasteiger partial charge on any atom is 0.257 e. The molecule has 2 bridgehead atoms. The number of piperidine rings is 1. The highest BCUT2D eigenvalue weighted by Crippen LogP contribution is 2.39. The van der Waals surface area contributed by atoms with Gasteiger partial charge in [0.1, 0.15) is 29.7 Å². The maximum atomic E-state index is 14.5. The van der Waals surface area contributed by atoms with E-state index >= 15 is 0 Å². The summed E-state index contributed by atoms with van der Waals surface area (Å²) < 4.78 is 34.8. The van der Waals surface area contributed by atoms with Crippen LogP contribution in [0.5, 0.6) is 5.75 Å². The van der Waals surface area contributed by atoms with Crippen LogP contribution in [0, 0.1) is 11.2 Å². The minimum atomic E-state index is -1.00. The Kier molecular flexibility index (Phi) is 6.69. The summed E-state index contributed by atoms with van der Waals surface area (Å²) in [5.41, 5.74) is 0.492. The Balaban J connectivity index is 1.32. The Bertz CT molecular complexity index is 1120. The van der Waals surface area contributed by atoms with Gasteiger partial charge in [0.05, 0.1) is 29.7 Å². The van der Waals surface area contributed by atoms with Crippen molar-refractivity contribution in [2.75, 3.05) is 26.2 Å². The Labute approximate surface area is 206 Å². The molecule has 4 heterocycles. The SMILES string of the molecule is N=C1CN(C(=O)c2ccc(F)cc2OC2CC3CC(F)C(C2)N3CCO)CC1c1ncc(Cl)cn1. The van der Waals surface area contributed by atoms with Gasteiger partial charge in [-0.25, -0.2) is 18.7 Å². The molecule has 0 radical (unpaired) electrons. The number of benzene rings is 1. The third kappa shape index (κ3) is 4.74. The predicted octanol–water partition coefficient (Wildman–Crippen LogP) is 2.84. The van der Waals surface area contributed by atoms with Crippen molar-refractivity contribution in [3.63, 3.8) is 0 Å². The molecule has 2 aromatic rings. The van der Waals surface area contributed by atoms with E-state index in [4.69, 9.17) is 21.7 Å². The Morgan fingerprint density at radius 1 is 1.26 bits per heavy atom. The summed E-state index contributed by atoms with van der Waals surface area (Å²) in [4.78, 5) is 25.2. The normalized spacial score (nSPS) is 28.5. The molecule has 8 nitrogen and oxygen atoms in total. The quantitative estimate of drug-likeness (QED) is 0.626. The molecular formula is C24H26ClF2N5O3. The van der Waals surface area contributed by atoms with E-state index in [-0.39, 0.29) is 55.1 Å². The first kappa shape index (κ1) is 24.0. The number of aliphatic hydroxyl groups excluding tert-OH is 1. The van der Waals surface area contributed by atoms with E-state index in [1.54, 1.807) is 0 Å². The van der Waals surface area contributed by atoms with E-state index in [1.165, 1.54) is 35.5 Å². The number of likely N-dealkylation sites (tertiary alicyclic amines) is 1. The highest BCUT2D eigenvalue weighted by Gasteiger charge is 2.47. The molecule has 5 rings (SSSR count). The second-order valence-electron chi connectivity index (χ2n) is 9.31. The number of nitrogens with zero attached hydrogens (tertiary/aromatic N) is 4. The lowest BCUT2D eigenvalue weighted by atomic mass is 9.99. The lowest BCUT2D eigenvalue weighted by Gasteiger charge is -2.38. The number of aromatic nitrogens is 2. The number of alkyl halides is 1. The van der Waals surface area contributed by atoms with Crippen LogP contribution in [0.15, 0.2) is 30.6 Å². The van der Waals surface area contributed by atoms with Gasteiger partial charge in [0, 0.05) is 62.2 Å².